The van der Waals surface area contributed by atoms with Gasteiger partial charge < -0.3 is 20.3 Å². The summed E-state index contributed by atoms with van der Waals surface area (Å²) in [5.41, 5.74) is 0.981. The second-order valence-electron chi connectivity index (χ2n) is 7.69. The molecule has 1 saturated heterocycles. The smallest absolute Gasteiger partial charge is 0.321 e. The molecule has 2 N–H and O–H groups in total. The average molecular weight is 349 g/mol. The zero-order valence-corrected chi connectivity index (χ0v) is 16.5. The average Bonchev–Trinajstić information content (AvgIpc) is 2.47. The van der Waals surface area contributed by atoms with Gasteiger partial charge in [0.1, 0.15) is 5.75 Å². The summed E-state index contributed by atoms with van der Waals surface area (Å²) in [6.07, 6.45) is 0.988. The molecule has 1 aliphatic rings. The number of likely N-dealkylation sites (tertiary alicyclic amines) is 1. The number of likely N-dealkylation sites (N-methyl/N-ethyl adjacent to an activating group) is 1. The fourth-order valence-electron chi connectivity index (χ4n) is 2.94. The number of benzene rings is 1. The van der Waals surface area contributed by atoms with Crippen LogP contribution in [0.4, 0.5) is 10.5 Å². The Morgan fingerprint density at radius 3 is 2.58 bits per heavy atom. The van der Waals surface area contributed by atoms with Crippen molar-refractivity contribution in [3.63, 3.8) is 0 Å². The maximum Gasteiger partial charge on any atom is 0.321 e. The van der Waals surface area contributed by atoms with E-state index >= 15 is 0 Å². The first-order valence-corrected chi connectivity index (χ1v) is 8.99. The monoisotopic (exact) mass is 349 g/mol. The minimum absolute atomic E-state index is 0.0502. The molecule has 24 heavy (non-hydrogen) atoms. The first kappa shape index (κ1) is 19.1. The highest BCUT2D eigenvalue weighted by Crippen LogP contribution is 2.30. The van der Waals surface area contributed by atoms with E-state index < -0.39 is 0 Å². The van der Waals surface area contributed by atoms with Gasteiger partial charge in [-0.1, -0.05) is 13.8 Å². The van der Waals surface area contributed by atoms with E-state index in [1.54, 1.807) is 0 Å². The van der Waals surface area contributed by atoms with Crippen LogP contribution in [0.3, 0.4) is 0 Å². The number of anilines is 1. The van der Waals surface area contributed by atoms with Crippen molar-refractivity contribution in [2.75, 3.05) is 25.5 Å². The van der Waals surface area contributed by atoms with Gasteiger partial charge in [-0.3, -0.25) is 0 Å². The summed E-state index contributed by atoms with van der Waals surface area (Å²) in [6.45, 7) is 7.96. The molecule has 0 radical (unpaired) electrons. The van der Waals surface area contributed by atoms with Crippen LogP contribution in [-0.4, -0.2) is 50.2 Å². The van der Waals surface area contributed by atoms with Crippen molar-refractivity contribution in [3.8, 4) is 5.75 Å². The van der Waals surface area contributed by atoms with Crippen LogP contribution in [0.15, 0.2) is 24.3 Å². The minimum Gasteiger partial charge on any atom is -0.493 e. The Balaban J connectivity index is 1.95. The number of hydrogen-bond acceptors (Lipinski definition) is 3. The highest BCUT2D eigenvalue weighted by atomic mass is 31.0. The first-order chi connectivity index (χ1) is 11.1. The lowest BCUT2D eigenvalue weighted by atomic mass is 9.78. The van der Waals surface area contributed by atoms with E-state index in [0.717, 1.165) is 30.9 Å². The van der Waals surface area contributed by atoms with Gasteiger partial charge in [-0.15, -0.1) is 9.24 Å². The number of amides is 2. The summed E-state index contributed by atoms with van der Waals surface area (Å²) in [6, 6.07) is 7.73. The van der Waals surface area contributed by atoms with E-state index in [2.05, 4.69) is 33.7 Å². The molecule has 2 rings (SSSR count). The lowest BCUT2D eigenvalue weighted by molar-refractivity contribution is 0.110. The van der Waals surface area contributed by atoms with Crippen LogP contribution in [0.1, 0.15) is 27.2 Å². The predicted molar refractivity (Wildman–Crippen MR) is 106 cm³/mol. The van der Waals surface area contributed by atoms with Gasteiger partial charge in [-0.05, 0) is 50.1 Å². The van der Waals surface area contributed by atoms with Crippen LogP contribution in [0.5, 0.6) is 5.75 Å². The molecular formula is C17H29BN3O2P. The van der Waals surface area contributed by atoms with Crippen molar-refractivity contribution in [2.24, 2.45) is 5.41 Å². The largest absolute Gasteiger partial charge is 0.493 e. The lowest BCUT2D eigenvalue weighted by Crippen LogP contribution is -2.56. The number of urea groups is 1. The number of carbonyl (C=O) groups excluding carboxylic acids is 1. The molecule has 1 aromatic rings. The second-order valence-corrected chi connectivity index (χ2v) is 9.08. The van der Waals surface area contributed by atoms with Crippen LogP contribution in [-0.2, 0) is 0 Å². The van der Waals surface area contributed by atoms with E-state index in [1.807, 2.05) is 51.0 Å². The second kappa shape index (κ2) is 7.32. The quantitative estimate of drug-likeness (QED) is 0.647. The summed E-state index contributed by atoms with van der Waals surface area (Å²) < 4.78 is 5.76. The first-order valence-electron chi connectivity index (χ1n) is 8.42. The fraction of sp³-hybridized carbons (Fsp3) is 0.588. The van der Waals surface area contributed by atoms with Gasteiger partial charge in [0.2, 0.25) is 0 Å². The molecular weight excluding hydrogens is 320 g/mol. The molecule has 0 spiro atoms. The fourth-order valence-corrected chi connectivity index (χ4v) is 3.07. The third kappa shape index (κ3) is 5.12. The topological polar surface area (TPSA) is 53.6 Å². The Kier molecular flexibility index (Phi) is 5.82. The molecule has 1 aromatic carbocycles. The normalized spacial score (nSPS) is 22.5. The van der Waals surface area contributed by atoms with Crippen molar-refractivity contribution in [1.82, 2.24) is 10.2 Å². The zero-order chi connectivity index (χ0) is 18.0. The third-order valence-corrected chi connectivity index (χ3v) is 4.61. The molecule has 0 aromatic heterocycles. The molecule has 3 unspecified atom stereocenters. The summed E-state index contributed by atoms with van der Waals surface area (Å²) >= 11 is 0. The third-order valence-electron chi connectivity index (χ3n) is 4.49. The van der Waals surface area contributed by atoms with Gasteiger partial charge in [0.05, 0.1) is 5.24 Å². The number of nitrogens with one attached hydrogen (secondary N) is 2. The van der Waals surface area contributed by atoms with Crippen molar-refractivity contribution >= 4 is 28.8 Å². The van der Waals surface area contributed by atoms with Crippen LogP contribution >= 0.6 is 9.24 Å². The highest BCUT2D eigenvalue weighted by Gasteiger charge is 2.36. The Labute approximate surface area is 148 Å². The van der Waals surface area contributed by atoms with Gasteiger partial charge in [0.15, 0.2) is 7.85 Å². The van der Waals surface area contributed by atoms with Gasteiger partial charge in [-0.2, -0.15) is 0 Å². The molecule has 132 valence electrons. The standard InChI is InChI=1S/C17H29BN3O2P/c1-16(2)9-10-21(11-14(16)19-4)15(22)20-12-5-7-13(8-6-12)23-17(3,18)24/h5-8,14,19H,9-11,18,24H2,1-4H3,(H,20,22). The Hall–Kier alpha value is -1.26. The zero-order valence-electron chi connectivity index (χ0n) is 15.3. The van der Waals surface area contributed by atoms with Gasteiger partial charge in [0.25, 0.3) is 0 Å². The van der Waals surface area contributed by atoms with Crippen molar-refractivity contribution < 1.29 is 9.53 Å². The van der Waals surface area contributed by atoms with Gasteiger partial charge >= 0.3 is 6.03 Å². The highest BCUT2D eigenvalue weighted by molar-refractivity contribution is 7.21. The van der Waals surface area contributed by atoms with Crippen molar-refractivity contribution in [1.29, 1.82) is 0 Å². The van der Waals surface area contributed by atoms with E-state index in [4.69, 9.17) is 4.74 Å². The lowest BCUT2D eigenvalue weighted by Gasteiger charge is -2.43. The number of piperidine rings is 1. The predicted octanol–water partition coefficient (Wildman–Crippen LogP) is 2.10. The Bertz CT molecular complexity index is 572. The van der Waals surface area contributed by atoms with Crippen molar-refractivity contribution in [3.05, 3.63) is 24.3 Å². The van der Waals surface area contributed by atoms with Crippen molar-refractivity contribution in [2.45, 2.75) is 38.5 Å². The molecule has 1 heterocycles. The minimum atomic E-state index is -0.312. The molecule has 0 aliphatic carbocycles. The molecule has 0 bridgehead atoms. The number of nitrogens with zero attached hydrogens (tertiary/aromatic N) is 1. The summed E-state index contributed by atoms with van der Waals surface area (Å²) in [7, 11) is 6.58. The van der Waals surface area contributed by atoms with Crippen LogP contribution in [0.25, 0.3) is 0 Å². The van der Waals surface area contributed by atoms with Crippen LogP contribution < -0.4 is 15.4 Å². The molecule has 0 saturated carbocycles. The van der Waals surface area contributed by atoms with Crippen LogP contribution in [0.2, 0.25) is 0 Å². The number of ether oxygens (including phenoxy) is 1. The summed E-state index contributed by atoms with van der Waals surface area (Å²) in [5, 5.41) is 5.99. The van der Waals surface area contributed by atoms with Gasteiger partial charge in [-0.25, -0.2) is 4.79 Å². The van der Waals surface area contributed by atoms with E-state index in [9.17, 15) is 4.79 Å². The molecule has 3 atom stereocenters. The molecule has 2 amide bonds. The molecule has 7 heteroatoms. The number of hydrogen-bond donors (Lipinski definition) is 2. The maximum absolute atomic E-state index is 12.5. The Morgan fingerprint density at radius 1 is 1.42 bits per heavy atom. The SMILES string of the molecule is BC(C)(P)Oc1ccc(NC(=O)N2CCC(C)(C)C(NC)C2)cc1. The van der Waals surface area contributed by atoms with Crippen LogP contribution in [0, 0.1) is 5.41 Å². The Morgan fingerprint density at radius 2 is 2.04 bits per heavy atom. The maximum atomic E-state index is 12.5. The molecule has 5 nitrogen and oxygen atoms in total. The van der Waals surface area contributed by atoms with E-state index in [-0.39, 0.29) is 16.7 Å². The van der Waals surface area contributed by atoms with E-state index in [0.29, 0.717) is 6.04 Å². The summed E-state index contributed by atoms with van der Waals surface area (Å²) in [4.78, 5) is 14.4. The molecule has 1 fully saturated rings. The number of rotatable bonds is 4. The van der Waals surface area contributed by atoms with E-state index in [1.165, 1.54) is 0 Å². The summed E-state index contributed by atoms with van der Waals surface area (Å²) in [5.74, 6) is 0.781. The molecule has 1 aliphatic heterocycles. The van der Waals surface area contributed by atoms with Gasteiger partial charge in [0, 0.05) is 24.8 Å². The number of carbonyl (C=O) groups is 1.